The third-order valence-electron chi connectivity index (χ3n) is 5.07. The lowest BCUT2D eigenvalue weighted by molar-refractivity contribution is 0.298. The zero-order valence-electron chi connectivity index (χ0n) is 17.2. The summed E-state index contributed by atoms with van der Waals surface area (Å²) in [6, 6.07) is 22.7. The molecule has 0 bridgehead atoms. The van der Waals surface area contributed by atoms with Crippen LogP contribution in [0.25, 0.3) is 22.3 Å². The van der Waals surface area contributed by atoms with Crippen molar-refractivity contribution in [1.82, 2.24) is 0 Å². The fourth-order valence-corrected chi connectivity index (χ4v) is 3.43. The molecular weight excluding hydrogens is 396 g/mol. The van der Waals surface area contributed by atoms with Gasteiger partial charge in [0.1, 0.15) is 12.2 Å². The van der Waals surface area contributed by atoms with E-state index in [0.717, 1.165) is 11.1 Å². The summed E-state index contributed by atoms with van der Waals surface area (Å²) in [6.45, 7) is 6.74. The molecule has 0 aliphatic carbocycles. The van der Waals surface area contributed by atoms with Crippen molar-refractivity contribution in [2.45, 2.75) is 32.8 Å². The zero-order chi connectivity index (χ0) is 21.3. The first kappa shape index (κ1) is 20.2. The summed E-state index contributed by atoms with van der Waals surface area (Å²) in [5.41, 5.74) is 3.32. The van der Waals surface area contributed by atoms with Crippen molar-refractivity contribution < 1.29 is 9.15 Å². The van der Waals surface area contributed by atoms with Crippen molar-refractivity contribution >= 4 is 22.6 Å². The lowest BCUT2D eigenvalue weighted by Crippen LogP contribution is -2.11. The molecule has 4 aromatic rings. The molecule has 152 valence electrons. The molecule has 0 radical (unpaired) electrons. The molecule has 0 amide bonds. The molecule has 0 spiro atoms. The number of para-hydroxylation sites is 1. The van der Waals surface area contributed by atoms with Crippen LogP contribution in [-0.2, 0) is 12.0 Å². The number of fused-ring (bicyclic) bond motifs is 1. The van der Waals surface area contributed by atoms with Gasteiger partial charge in [-0.3, -0.25) is 4.79 Å². The smallest absolute Gasteiger partial charge is 0.235 e. The minimum atomic E-state index is -0.180. The highest BCUT2D eigenvalue weighted by Gasteiger charge is 2.19. The van der Waals surface area contributed by atoms with Gasteiger partial charge >= 0.3 is 0 Å². The normalized spacial score (nSPS) is 11.6. The lowest BCUT2D eigenvalue weighted by Gasteiger charge is -2.19. The van der Waals surface area contributed by atoms with Crippen molar-refractivity contribution in [3.8, 4) is 17.1 Å². The zero-order valence-corrected chi connectivity index (χ0v) is 18.0. The van der Waals surface area contributed by atoms with E-state index >= 15 is 0 Å². The van der Waals surface area contributed by atoms with E-state index in [-0.39, 0.29) is 23.2 Å². The van der Waals surface area contributed by atoms with E-state index in [9.17, 15) is 4.79 Å². The van der Waals surface area contributed by atoms with Gasteiger partial charge in [-0.05, 0) is 40.8 Å². The van der Waals surface area contributed by atoms with Crippen LogP contribution in [0.15, 0.2) is 82.0 Å². The second-order valence-electron chi connectivity index (χ2n) is 8.33. The first-order valence-corrected chi connectivity index (χ1v) is 10.2. The van der Waals surface area contributed by atoms with Crippen LogP contribution in [-0.4, -0.2) is 0 Å². The van der Waals surface area contributed by atoms with Gasteiger partial charge in [0.15, 0.2) is 5.76 Å². The average Bonchev–Trinajstić information content (AvgIpc) is 2.74. The summed E-state index contributed by atoms with van der Waals surface area (Å²) in [6.07, 6.45) is 0. The molecule has 0 fully saturated rings. The van der Waals surface area contributed by atoms with Crippen molar-refractivity contribution in [2.24, 2.45) is 0 Å². The molecule has 30 heavy (non-hydrogen) atoms. The molecule has 0 aliphatic heterocycles. The van der Waals surface area contributed by atoms with Crippen LogP contribution in [0.1, 0.15) is 31.9 Å². The van der Waals surface area contributed by atoms with E-state index in [2.05, 4.69) is 32.9 Å². The Morgan fingerprint density at radius 1 is 0.900 bits per heavy atom. The van der Waals surface area contributed by atoms with E-state index < -0.39 is 0 Å². The SMILES string of the molecule is CC(C)(C)c1ccc(-c2oc3ccccc3c(=O)c2OCc2ccc(Cl)cc2)cc1. The molecule has 1 aromatic heterocycles. The van der Waals surface area contributed by atoms with Gasteiger partial charge < -0.3 is 9.15 Å². The molecule has 0 N–H and O–H groups in total. The molecule has 3 nitrogen and oxygen atoms in total. The van der Waals surface area contributed by atoms with Gasteiger partial charge in [0, 0.05) is 10.6 Å². The molecule has 4 heteroatoms. The lowest BCUT2D eigenvalue weighted by atomic mass is 9.86. The van der Waals surface area contributed by atoms with Crippen molar-refractivity contribution in [3.05, 3.63) is 99.2 Å². The molecule has 4 rings (SSSR count). The summed E-state index contributed by atoms with van der Waals surface area (Å²) in [5, 5.41) is 1.15. The van der Waals surface area contributed by atoms with Gasteiger partial charge in [-0.15, -0.1) is 0 Å². The van der Waals surface area contributed by atoms with Gasteiger partial charge in [0.2, 0.25) is 11.2 Å². The van der Waals surface area contributed by atoms with Gasteiger partial charge in [0.25, 0.3) is 0 Å². The fraction of sp³-hybridized carbons (Fsp3) is 0.192. The molecule has 0 saturated carbocycles. The Balaban J connectivity index is 1.80. The number of rotatable bonds is 4. The summed E-state index contributed by atoms with van der Waals surface area (Å²) >= 11 is 5.96. The number of hydrogen-bond donors (Lipinski definition) is 0. The number of ether oxygens (including phenoxy) is 1. The third kappa shape index (κ3) is 4.12. The monoisotopic (exact) mass is 418 g/mol. The second-order valence-corrected chi connectivity index (χ2v) is 8.76. The standard InChI is InChI=1S/C26H23ClO3/c1-26(2,3)19-12-10-18(11-13-19)24-25(29-16-17-8-14-20(27)15-9-17)23(28)21-6-4-5-7-22(21)30-24/h4-15H,16H2,1-3H3. The van der Waals surface area contributed by atoms with E-state index in [1.807, 2.05) is 36.4 Å². The highest BCUT2D eigenvalue weighted by molar-refractivity contribution is 6.30. The number of benzene rings is 3. The maximum absolute atomic E-state index is 13.2. The molecule has 1 heterocycles. The van der Waals surface area contributed by atoms with E-state index in [1.54, 1.807) is 24.3 Å². The fourth-order valence-electron chi connectivity index (χ4n) is 3.30. The quantitative estimate of drug-likeness (QED) is 0.358. The molecule has 0 aliphatic rings. The Morgan fingerprint density at radius 2 is 1.57 bits per heavy atom. The van der Waals surface area contributed by atoms with Crippen molar-refractivity contribution in [1.29, 1.82) is 0 Å². The minimum absolute atomic E-state index is 0.0384. The Kier molecular flexibility index (Phi) is 5.40. The summed E-state index contributed by atoms with van der Waals surface area (Å²) in [4.78, 5) is 13.2. The Hall–Kier alpha value is -3.04. The third-order valence-corrected chi connectivity index (χ3v) is 5.32. The van der Waals surface area contributed by atoms with Crippen LogP contribution in [0.4, 0.5) is 0 Å². The summed E-state index contributed by atoms with van der Waals surface area (Å²) < 4.78 is 12.2. The Labute approximate surface area is 180 Å². The van der Waals surface area contributed by atoms with E-state index in [1.165, 1.54) is 5.56 Å². The average molecular weight is 419 g/mol. The van der Waals surface area contributed by atoms with Crippen LogP contribution in [0.5, 0.6) is 5.75 Å². The summed E-state index contributed by atoms with van der Waals surface area (Å²) in [7, 11) is 0. The molecule has 0 atom stereocenters. The number of hydrogen-bond acceptors (Lipinski definition) is 3. The maximum Gasteiger partial charge on any atom is 0.235 e. The predicted molar refractivity (Wildman–Crippen MR) is 122 cm³/mol. The topological polar surface area (TPSA) is 39.4 Å². The molecule has 0 unspecified atom stereocenters. The Bertz CT molecular complexity index is 1230. The van der Waals surface area contributed by atoms with Crippen LogP contribution in [0.2, 0.25) is 5.02 Å². The largest absolute Gasteiger partial charge is 0.481 e. The van der Waals surface area contributed by atoms with Gasteiger partial charge in [-0.25, -0.2) is 0 Å². The highest BCUT2D eigenvalue weighted by Crippen LogP contribution is 2.33. The number of halogens is 1. The van der Waals surface area contributed by atoms with Gasteiger partial charge in [-0.2, -0.15) is 0 Å². The van der Waals surface area contributed by atoms with Crippen molar-refractivity contribution in [3.63, 3.8) is 0 Å². The van der Waals surface area contributed by atoms with E-state index in [0.29, 0.717) is 21.8 Å². The maximum atomic E-state index is 13.2. The van der Waals surface area contributed by atoms with E-state index in [4.69, 9.17) is 20.8 Å². The molecule has 0 saturated heterocycles. The van der Waals surface area contributed by atoms with Crippen LogP contribution in [0.3, 0.4) is 0 Å². The predicted octanol–water partition coefficient (Wildman–Crippen LogP) is 6.99. The van der Waals surface area contributed by atoms with Crippen molar-refractivity contribution in [2.75, 3.05) is 0 Å². The minimum Gasteiger partial charge on any atom is -0.481 e. The molecule has 3 aromatic carbocycles. The van der Waals surface area contributed by atoms with Crippen LogP contribution >= 0.6 is 11.6 Å². The van der Waals surface area contributed by atoms with Crippen LogP contribution < -0.4 is 10.2 Å². The van der Waals surface area contributed by atoms with Gasteiger partial charge in [-0.1, -0.05) is 80.9 Å². The first-order chi connectivity index (χ1) is 14.3. The second kappa shape index (κ2) is 8.00. The first-order valence-electron chi connectivity index (χ1n) is 9.87. The van der Waals surface area contributed by atoms with Crippen LogP contribution in [0, 0.1) is 0 Å². The Morgan fingerprint density at radius 3 is 2.23 bits per heavy atom. The molecular formula is C26H23ClO3. The van der Waals surface area contributed by atoms with Gasteiger partial charge in [0.05, 0.1) is 5.39 Å². The highest BCUT2D eigenvalue weighted by atomic mass is 35.5. The summed E-state index contributed by atoms with van der Waals surface area (Å²) in [5.74, 6) is 0.653.